The molecule has 1 saturated carbocycles. The number of nitrogens with zero attached hydrogens (tertiary/aromatic N) is 1. The lowest BCUT2D eigenvalue weighted by molar-refractivity contribution is -0.111. The van der Waals surface area contributed by atoms with Crippen LogP contribution in [0.1, 0.15) is 24.3 Å². The number of carbonyl (C=O) groups excluding carboxylic acids is 1. The molecule has 0 aliphatic heterocycles. The molecule has 0 bridgehead atoms. The number of aromatic nitrogens is 1. The quantitative estimate of drug-likeness (QED) is 0.622. The Morgan fingerprint density at radius 2 is 1.93 bits per heavy atom. The van der Waals surface area contributed by atoms with E-state index in [1.807, 2.05) is 0 Å². The molecule has 2 aromatic carbocycles. The van der Waals surface area contributed by atoms with Gasteiger partial charge in [-0.15, -0.1) is 0 Å². The van der Waals surface area contributed by atoms with Crippen LogP contribution in [0.25, 0.3) is 17.2 Å². The molecule has 1 aromatic heterocycles. The lowest BCUT2D eigenvalue weighted by Crippen LogP contribution is -2.25. The number of amides is 1. The van der Waals surface area contributed by atoms with Gasteiger partial charge in [0.25, 0.3) is 0 Å². The summed E-state index contributed by atoms with van der Waals surface area (Å²) in [6.07, 6.45) is 4.79. The van der Waals surface area contributed by atoms with Gasteiger partial charge in [-0.25, -0.2) is 18.1 Å². The summed E-state index contributed by atoms with van der Waals surface area (Å²) in [6, 6.07) is 11.7. The number of carbonyl (C=O) groups is 1. The molecule has 0 radical (unpaired) electrons. The Balaban J connectivity index is 1.40. The van der Waals surface area contributed by atoms with Gasteiger partial charge in [0.1, 0.15) is 5.52 Å². The van der Waals surface area contributed by atoms with Crippen molar-refractivity contribution in [2.24, 2.45) is 0 Å². The minimum atomic E-state index is -3.47. The highest BCUT2D eigenvalue weighted by atomic mass is 32.2. The number of hydrogen-bond donors (Lipinski definition) is 2. The van der Waals surface area contributed by atoms with Crippen LogP contribution >= 0.6 is 0 Å². The maximum Gasteiger partial charge on any atom is 0.248 e. The van der Waals surface area contributed by atoms with Gasteiger partial charge in [-0.2, -0.15) is 0 Å². The third kappa shape index (κ3) is 4.29. The zero-order chi connectivity index (χ0) is 19.7. The first kappa shape index (κ1) is 18.4. The van der Waals surface area contributed by atoms with E-state index in [0.29, 0.717) is 22.7 Å². The molecule has 1 aliphatic carbocycles. The van der Waals surface area contributed by atoms with Crippen molar-refractivity contribution in [3.8, 4) is 0 Å². The van der Waals surface area contributed by atoms with Crippen LogP contribution in [0.4, 0.5) is 5.69 Å². The Morgan fingerprint density at radius 1 is 1.18 bits per heavy atom. The molecule has 4 rings (SSSR count). The zero-order valence-electron chi connectivity index (χ0n) is 15.2. The number of aryl methyl sites for hydroxylation is 1. The number of hydrogen-bond acceptors (Lipinski definition) is 5. The van der Waals surface area contributed by atoms with Gasteiger partial charge in [-0.1, -0.05) is 12.1 Å². The van der Waals surface area contributed by atoms with Gasteiger partial charge < -0.3 is 9.73 Å². The van der Waals surface area contributed by atoms with Crippen LogP contribution in [-0.4, -0.2) is 25.4 Å². The average molecular weight is 397 g/mol. The van der Waals surface area contributed by atoms with E-state index in [9.17, 15) is 13.2 Å². The second-order valence-electron chi connectivity index (χ2n) is 6.70. The fourth-order valence-electron chi connectivity index (χ4n) is 2.72. The number of rotatable bonds is 6. The standard InChI is InChI=1S/C20H19N3O4S/c1-13-21-18-12-16(7-10-19(18)27-13)22-20(24)11-4-14-2-8-17(9-3-14)28(25,26)23-15-5-6-15/h2-4,7-12,15,23H,5-6H2,1H3,(H,22,24)/b11-4+. The molecule has 3 aromatic rings. The third-order valence-electron chi connectivity index (χ3n) is 4.28. The van der Waals surface area contributed by atoms with Crippen LogP contribution in [-0.2, 0) is 14.8 Å². The first-order valence-corrected chi connectivity index (χ1v) is 10.4. The van der Waals surface area contributed by atoms with E-state index < -0.39 is 10.0 Å². The van der Waals surface area contributed by atoms with Gasteiger partial charge >= 0.3 is 0 Å². The topological polar surface area (TPSA) is 101 Å². The fraction of sp³-hybridized carbons (Fsp3) is 0.200. The van der Waals surface area contributed by atoms with Crippen molar-refractivity contribution in [2.75, 3.05) is 5.32 Å². The minimum Gasteiger partial charge on any atom is -0.441 e. The predicted molar refractivity (Wildman–Crippen MR) is 106 cm³/mol. The molecule has 0 spiro atoms. The number of sulfonamides is 1. The summed E-state index contributed by atoms with van der Waals surface area (Å²) in [5.41, 5.74) is 2.68. The molecule has 1 aliphatic rings. The molecular formula is C20H19N3O4S. The van der Waals surface area contributed by atoms with Crippen LogP contribution < -0.4 is 10.0 Å². The van der Waals surface area contributed by atoms with E-state index in [1.165, 1.54) is 18.2 Å². The second kappa shape index (κ2) is 7.21. The molecule has 144 valence electrons. The largest absolute Gasteiger partial charge is 0.441 e. The van der Waals surface area contributed by atoms with E-state index in [-0.39, 0.29) is 16.8 Å². The van der Waals surface area contributed by atoms with Gasteiger partial charge in [0.15, 0.2) is 11.5 Å². The SMILES string of the molecule is Cc1nc2cc(NC(=O)/C=C/c3ccc(S(=O)(=O)NC4CC4)cc3)ccc2o1. The van der Waals surface area contributed by atoms with Gasteiger partial charge in [0.05, 0.1) is 4.90 Å². The highest BCUT2D eigenvalue weighted by molar-refractivity contribution is 7.89. The van der Waals surface area contributed by atoms with E-state index in [0.717, 1.165) is 18.4 Å². The van der Waals surface area contributed by atoms with Crippen molar-refractivity contribution in [1.82, 2.24) is 9.71 Å². The summed E-state index contributed by atoms with van der Waals surface area (Å²) in [6.45, 7) is 1.76. The van der Waals surface area contributed by atoms with Gasteiger partial charge in [0, 0.05) is 24.7 Å². The Kier molecular flexibility index (Phi) is 4.74. The van der Waals surface area contributed by atoms with E-state index in [2.05, 4.69) is 15.0 Å². The summed E-state index contributed by atoms with van der Waals surface area (Å²) < 4.78 is 32.3. The van der Waals surface area contributed by atoms with Crippen LogP contribution in [0.15, 0.2) is 57.9 Å². The highest BCUT2D eigenvalue weighted by Crippen LogP contribution is 2.22. The first-order chi connectivity index (χ1) is 13.4. The molecular weight excluding hydrogens is 378 g/mol. The Bertz CT molecular complexity index is 1160. The normalized spacial score (nSPS) is 14.6. The van der Waals surface area contributed by atoms with E-state index >= 15 is 0 Å². The summed E-state index contributed by atoms with van der Waals surface area (Å²) in [7, 11) is -3.47. The smallest absolute Gasteiger partial charge is 0.248 e. The van der Waals surface area contributed by atoms with Crippen LogP contribution in [0, 0.1) is 6.92 Å². The van der Waals surface area contributed by atoms with Gasteiger partial charge in [-0.05, 0) is 54.8 Å². The maximum atomic E-state index is 12.2. The minimum absolute atomic E-state index is 0.0636. The maximum absolute atomic E-state index is 12.2. The highest BCUT2D eigenvalue weighted by Gasteiger charge is 2.27. The van der Waals surface area contributed by atoms with Crippen molar-refractivity contribution < 1.29 is 17.6 Å². The molecule has 1 fully saturated rings. The van der Waals surface area contributed by atoms with Crippen molar-refractivity contribution in [2.45, 2.75) is 30.7 Å². The molecule has 28 heavy (non-hydrogen) atoms. The molecule has 8 heteroatoms. The van der Waals surface area contributed by atoms with Crippen LogP contribution in [0.3, 0.4) is 0 Å². The zero-order valence-corrected chi connectivity index (χ0v) is 16.0. The molecule has 2 N–H and O–H groups in total. The van der Waals surface area contributed by atoms with Gasteiger partial charge in [0.2, 0.25) is 15.9 Å². The number of anilines is 1. The predicted octanol–water partition coefficient (Wildman–Crippen LogP) is 3.23. The number of benzene rings is 2. The Labute approximate surface area is 162 Å². The van der Waals surface area contributed by atoms with E-state index in [4.69, 9.17) is 4.42 Å². The van der Waals surface area contributed by atoms with Gasteiger partial charge in [-0.3, -0.25) is 4.79 Å². The first-order valence-electron chi connectivity index (χ1n) is 8.88. The molecule has 1 amide bonds. The molecule has 0 saturated heterocycles. The summed E-state index contributed by atoms with van der Waals surface area (Å²) in [4.78, 5) is 16.6. The Morgan fingerprint density at radius 3 is 2.64 bits per heavy atom. The number of fused-ring (bicyclic) bond motifs is 1. The van der Waals surface area contributed by atoms with E-state index in [1.54, 1.807) is 43.3 Å². The monoisotopic (exact) mass is 397 g/mol. The summed E-state index contributed by atoms with van der Waals surface area (Å²) in [5.74, 6) is 0.267. The third-order valence-corrected chi connectivity index (χ3v) is 5.82. The van der Waals surface area contributed by atoms with Crippen molar-refractivity contribution in [1.29, 1.82) is 0 Å². The lowest BCUT2D eigenvalue weighted by atomic mass is 10.2. The second-order valence-corrected chi connectivity index (χ2v) is 8.42. The fourth-order valence-corrected chi connectivity index (χ4v) is 4.03. The molecule has 0 atom stereocenters. The molecule has 7 nitrogen and oxygen atoms in total. The van der Waals surface area contributed by atoms with Crippen molar-refractivity contribution in [3.05, 3.63) is 60.0 Å². The molecule has 1 heterocycles. The molecule has 0 unspecified atom stereocenters. The summed E-state index contributed by atoms with van der Waals surface area (Å²) >= 11 is 0. The average Bonchev–Trinajstić information content (AvgIpc) is 3.37. The Hall–Kier alpha value is -2.97. The van der Waals surface area contributed by atoms with Crippen LogP contribution in [0.2, 0.25) is 0 Å². The number of oxazole rings is 1. The van der Waals surface area contributed by atoms with Crippen molar-refractivity contribution >= 4 is 38.8 Å². The van der Waals surface area contributed by atoms with Crippen LogP contribution in [0.5, 0.6) is 0 Å². The van der Waals surface area contributed by atoms with Crippen molar-refractivity contribution in [3.63, 3.8) is 0 Å². The summed E-state index contributed by atoms with van der Waals surface area (Å²) in [5, 5.41) is 2.76. The lowest BCUT2D eigenvalue weighted by Gasteiger charge is -2.05. The number of nitrogens with one attached hydrogen (secondary N) is 2.